The Morgan fingerprint density at radius 1 is 1.19 bits per heavy atom. The van der Waals surface area contributed by atoms with Crippen molar-refractivity contribution in [1.29, 1.82) is 0 Å². The summed E-state index contributed by atoms with van der Waals surface area (Å²) in [7, 11) is -3.69. The summed E-state index contributed by atoms with van der Waals surface area (Å²) >= 11 is 0. The van der Waals surface area contributed by atoms with E-state index in [0.717, 1.165) is 32.1 Å². The molecule has 31 heavy (non-hydrogen) atoms. The molecule has 9 heteroatoms. The van der Waals surface area contributed by atoms with Gasteiger partial charge in [0.1, 0.15) is 5.82 Å². The summed E-state index contributed by atoms with van der Waals surface area (Å²) in [5.41, 5.74) is 2.55. The molecule has 1 aromatic carbocycles. The Balaban J connectivity index is 1.82. The number of hydrogen-bond donors (Lipinski definition) is 2. The number of carbonyl (C=O) groups excluding carboxylic acids is 2. The monoisotopic (exact) mass is 444 g/mol. The Bertz CT molecular complexity index is 1130. The highest BCUT2D eigenvalue weighted by Gasteiger charge is 2.29. The van der Waals surface area contributed by atoms with E-state index in [-0.39, 0.29) is 35.6 Å². The zero-order valence-electron chi connectivity index (χ0n) is 17.9. The van der Waals surface area contributed by atoms with Crippen molar-refractivity contribution in [2.75, 3.05) is 5.32 Å². The molecule has 1 aliphatic carbocycles. The molecule has 4 rings (SSSR count). The van der Waals surface area contributed by atoms with Crippen molar-refractivity contribution in [3.05, 3.63) is 29.5 Å². The third-order valence-electron chi connectivity index (χ3n) is 5.95. The lowest BCUT2D eigenvalue weighted by molar-refractivity contribution is -0.116. The Kier molecular flexibility index (Phi) is 5.98. The largest absolute Gasteiger partial charge is 0.310 e. The van der Waals surface area contributed by atoms with Gasteiger partial charge in [0.05, 0.1) is 10.6 Å². The van der Waals surface area contributed by atoms with Gasteiger partial charge in [-0.3, -0.25) is 9.59 Å². The van der Waals surface area contributed by atoms with Crippen LogP contribution in [0, 0.1) is 6.92 Å². The lowest BCUT2D eigenvalue weighted by atomic mass is 10.0. The number of rotatable bonds is 6. The minimum Gasteiger partial charge on any atom is -0.310 e. The quantitative estimate of drug-likeness (QED) is 0.709. The highest BCUT2D eigenvalue weighted by atomic mass is 32.2. The van der Waals surface area contributed by atoms with E-state index in [0.29, 0.717) is 34.6 Å². The first kappa shape index (κ1) is 21.7. The van der Waals surface area contributed by atoms with Crippen molar-refractivity contribution in [3.8, 4) is 11.1 Å². The van der Waals surface area contributed by atoms with Gasteiger partial charge in [-0.25, -0.2) is 13.1 Å². The van der Waals surface area contributed by atoms with Crippen LogP contribution < -0.4 is 10.0 Å². The molecule has 2 aliphatic rings. The van der Waals surface area contributed by atoms with E-state index in [1.807, 2.05) is 13.0 Å². The average molecular weight is 445 g/mol. The third-order valence-corrected chi connectivity index (χ3v) is 7.61. The van der Waals surface area contributed by atoms with E-state index in [1.165, 1.54) is 4.68 Å². The molecule has 166 valence electrons. The number of sulfonamides is 1. The zero-order chi connectivity index (χ0) is 22.2. The first-order chi connectivity index (χ1) is 14.8. The van der Waals surface area contributed by atoms with Gasteiger partial charge in [-0.2, -0.15) is 9.78 Å². The van der Waals surface area contributed by atoms with Crippen LogP contribution in [0.3, 0.4) is 0 Å². The average Bonchev–Trinajstić information content (AvgIpc) is 3.31. The molecule has 2 aromatic rings. The number of fused-ring (bicyclic) bond motifs is 1. The van der Waals surface area contributed by atoms with Gasteiger partial charge in [0, 0.05) is 24.4 Å². The van der Waals surface area contributed by atoms with Gasteiger partial charge in [-0.15, -0.1) is 0 Å². The Morgan fingerprint density at radius 3 is 2.65 bits per heavy atom. The molecule has 1 aliphatic heterocycles. The Morgan fingerprint density at radius 2 is 1.94 bits per heavy atom. The van der Waals surface area contributed by atoms with Crippen molar-refractivity contribution >= 4 is 27.7 Å². The van der Waals surface area contributed by atoms with Gasteiger partial charge in [-0.05, 0) is 43.4 Å². The number of nitrogens with one attached hydrogen (secondary N) is 2. The maximum Gasteiger partial charge on any atom is 0.249 e. The van der Waals surface area contributed by atoms with Gasteiger partial charge in [0.2, 0.25) is 21.8 Å². The first-order valence-corrected chi connectivity index (χ1v) is 12.4. The molecule has 0 saturated heterocycles. The molecule has 1 fully saturated rings. The number of nitrogens with zero attached hydrogens (tertiary/aromatic N) is 2. The lowest BCUT2D eigenvalue weighted by Gasteiger charge is -2.16. The van der Waals surface area contributed by atoms with Crippen LogP contribution in [0.4, 0.5) is 5.82 Å². The summed E-state index contributed by atoms with van der Waals surface area (Å²) in [5.74, 6) is -0.175. The van der Waals surface area contributed by atoms with Gasteiger partial charge in [0.25, 0.3) is 0 Å². The number of benzene rings is 1. The van der Waals surface area contributed by atoms with Crippen LogP contribution in [-0.2, 0) is 21.2 Å². The van der Waals surface area contributed by atoms with Gasteiger partial charge in [0.15, 0.2) is 0 Å². The fourth-order valence-corrected chi connectivity index (χ4v) is 5.94. The van der Waals surface area contributed by atoms with Gasteiger partial charge < -0.3 is 5.32 Å². The van der Waals surface area contributed by atoms with Crippen molar-refractivity contribution in [3.63, 3.8) is 0 Å². The van der Waals surface area contributed by atoms with E-state index in [4.69, 9.17) is 0 Å². The van der Waals surface area contributed by atoms with E-state index >= 15 is 0 Å². The van der Waals surface area contributed by atoms with Gasteiger partial charge in [-0.1, -0.05) is 38.3 Å². The molecule has 8 nitrogen and oxygen atoms in total. The van der Waals surface area contributed by atoms with E-state index in [9.17, 15) is 18.0 Å². The molecule has 1 amide bonds. The molecule has 2 heterocycles. The number of anilines is 1. The highest BCUT2D eigenvalue weighted by molar-refractivity contribution is 7.89. The van der Waals surface area contributed by atoms with Crippen molar-refractivity contribution in [1.82, 2.24) is 14.5 Å². The van der Waals surface area contributed by atoms with Crippen LogP contribution in [0.25, 0.3) is 11.1 Å². The fourth-order valence-electron chi connectivity index (χ4n) is 4.37. The highest BCUT2D eigenvalue weighted by Crippen LogP contribution is 2.36. The number of hydrogen-bond acceptors (Lipinski definition) is 5. The molecule has 0 unspecified atom stereocenters. The summed E-state index contributed by atoms with van der Waals surface area (Å²) in [6.45, 7) is 3.77. The maximum atomic E-state index is 13.1. The molecular weight excluding hydrogens is 416 g/mol. The predicted octanol–water partition coefficient (Wildman–Crippen LogP) is 3.40. The molecule has 1 saturated carbocycles. The molecule has 0 bridgehead atoms. The summed E-state index contributed by atoms with van der Waals surface area (Å²) in [4.78, 5) is 24.9. The zero-order valence-corrected chi connectivity index (χ0v) is 18.7. The second kappa shape index (κ2) is 8.55. The molecule has 1 aromatic heterocycles. The topological polar surface area (TPSA) is 110 Å². The van der Waals surface area contributed by atoms with Crippen LogP contribution in [0.1, 0.15) is 67.9 Å². The standard InChI is InChI=1S/C22H28N4O4S/c1-3-6-17-21(22-23-19(27)11-12-20(28)26(22)24-17)15-10-9-14(2)18(13-15)31(29,30)25-16-7-4-5-8-16/h9-10,13,16,25H,3-8,11-12H2,1-2H3,(H,23,27). The Labute approximate surface area is 182 Å². The Hall–Kier alpha value is -2.52. The van der Waals surface area contributed by atoms with E-state index in [2.05, 4.69) is 15.1 Å². The summed E-state index contributed by atoms with van der Waals surface area (Å²) in [6, 6.07) is 5.18. The summed E-state index contributed by atoms with van der Waals surface area (Å²) in [6.07, 6.45) is 5.35. The van der Waals surface area contributed by atoms with E-state index in [1.54, 1.807) is 19.1 Å². The lowest BCUT2D eigenvalue weighted by Crippen LogP contribution is -2.33. The van der Waals surface area contributed by atoms with Gasteiger partial charge >= 0.3 is 0 Å². The normalized spacial score (nSPS) is 17.5. The second-order valence-electron chi connectivity index (χ2n) is 8.36. The SMILES string of the molecule is CCCc1nn2c(c1-c1ccc(C)c(S(=O)(=O)NC3CCCC3)c1)NC(=O)CCC2=O. The molecule has 2 N–H and O–H groups in total. The van der Waals surface area contributed by atoms with Crippen LogP contribution in [0.5, 0.6) is 0 Å². The second-order valence-corrected chi connectivity index (χ2v) is 10.0. The molecule has 0 spiro atoms. The minimum absolute atomic E-state index is 0.0342. The maximum absolute atomic E-state index is 13.1. The molecule has 0 atom stereocenters. The van der Waals surface area contributed by atoms with Crippen LogP contribution in [0.2, 0.25) is 0 Å². The number of aromatic nitrogens is 2. The van der Waals surface area contributed by atoms with Crippen LogP contribution in [0.15, 0.2) is 23.1 Å². The predicted molar refractivity (Wildman–Crippen MR) is 117 cm³/mol. The number of carbonyl (C=O) groups is 2. The van der Waals surface area contributed by atoms with Crippen LogP contribution >= 0.6 is 0 Å². The summed E-state index contributed by atoms with van der Waals surface area (Å²) in [5, 5.41) is 7.28. The minimum atomic E-state index is -3.69. The van der Waals surface area contributed by atoms with Crippen molar-refractivity contribution < 1.29 is 18.0 Å². The van der Waals surface area contributed by atoms with E-state index < -0.39 is 10.0 Å². The molecule has 0 radical (unpaired) electrons. The third kappa shape index (κ3) is 4.29. The smallest absolute Gasteiger partial charge is 0.249 e. The first-order valence-electron chi connectivity index (χ1n) is 10.9. The van der Waals surface area contributed by atoms with Crippen LogP contribution in [-0.4, -0.2) is 36.1 Å². The summed E-state index contributed by atoms with van der Waals surface area (Å²) < 4.78 is 30.4. The van der Waals surface area contributed by atoms with Crippen molar-refractivity contribution in [2.45, 2.75) is 76.2 Å². The fraction of sp³-hybridized carbons (Fsp3) is 0.500. The number of amides is 1. The molecular formula is C22H28N4O4S. The number of aryl methyl sites for hydroxylation is 2. The van der Waals surface area contributed by atoms with Crippen molar-refractivity contribution in [2.24, 2.45) is 0 Å².